The number of amides is 4. The number of hydrogen-bond acceptors (Lipinski definition) is 7. The first-order valence-electron chi connectivity index (χ1n) is 13.3. The number of halogens is 3. The van der Waals surface area contributed by atoms with E-state index in [9.17, 15) is 41.2 Å². The molecule has 0 bridgehead atoms. The lowest BCUT2D eigenvalue weighted by Crippen LogP contribution is -2.56. The van der Waals surface area contributed by atoms with Crippen LogP contribution < -0.4 is 10.2 Å². The summed E-state index contributed by atoms with van der Waals surface area (Å²) in [6.45, 7) is -0.240. The van der Waals surface area contributed by atoms with Crippen LogP contribution in [-0.2, 0) is 27.4 Å². The maximum Gasteiger partial charge on any atom is 0.416 e. The minimum Gasteiger partial charge on any atom is -0.332 e. The Hall–Kier alpha value is -5.03. The Bertz CT molecular complexity index is 1830. The van der Waals surface area contributed by atoms with Crippen molar-refractivity contribution in [3.8, 4) is 6.07 Å². The van der Waals surface area contributed by atoms with Gasteiger partial charge in [0.25, 0.3) is 0 Å². The molecule has 14 heteroatoms. The number of sulfone groups is 1. The van der Waals surface area contributed by atoms with Crippen LogP contribution in [-0.4, -0.2) is 42.4 Å². The number of Topliss-reactive ketones (excluding diaryl/α,β-unsaturated/α-hetero) is 1. The summed E-state index contributed by atoms with van der Waals surface area (Å²) in [5, 5.41) is 11.8. The lowest BCUT2D eigenvalue weighted by atomic mass is 9.83. The van der Waals surface area contributed by atoms with Crippen LogP contribution in [0.2, 0.25) is 0 Å². The second-order valence-corrected chi connectivity index (χ2v) is 12.2. The summed E-state index contributed by atoms with van der Waals surface area (Å²) >= 11 is 0. The summed E-state index contributed by atoms with van der Waals surface area (Å²) in [7, 11) is -3.52. The average molecular weight is 624 g/mol. The lowest BCUT2D eigenvalue weighted by molar-refractivity contribution is -0.137. The first-order valence-corrected chi connectivity index (χ1v) is 15.2. The summed E-state index contributed by atoms with van der Waals surface area (Å²) in [4.78, 5) is 47.2. The van der Waals surface area contributed by atoms with Crippen LogP contribution in [0.15, 0.2) is 83.0 Å². The number of urea groups is 2. The molecule has 1 N–H and O–H groups in total. The van der Waals surface area contributed by atoms with Crippen molar-refractivity contribution >= 4 is 33.4 Å². The van der Waals surface area contributed by atoms with Gasteiger partial charge in [0.1, 0.15) is 0 Å². The molecule has 0 spiro atoms. The Kier molecular flexibility index (Phi) is 8.00. The third-order valence-electron chi connectivity index (χ3n) is 7.28. The molecule has 0 radical (unpaired) electrons. The number of anilines is 1. The van der Waals surface area contributed by atoms with Crippen molar-refractivity contribution in [1.82, 2.24) is 15.2 Å². The number of imide groups is 1. The van der Waals surface area contributed by atoms with Gasteiger partial charge < -0.3 is 5.32 Å². The van der Waals surface area contributed by atoms with E-state index < -0.39 is 39.7 Å². The number of carbonyl (C=O) groups excluding carboxylic acids is 3. The quantitative estimate of drug-likeness (QED) is 0.408. The number of nitrogens with zero attached hydrogens (tertiary/aromatic N) is 4. The van der Waals surface area contributed by atoms with E-state index in [0.717, 1.165) is 40.5 Å². The number of hydrogen-bond donors (Lipinski definition) is 1. The van der Waals surface area contributed by atoms with Crippen molar-refractivity contribution in [3.63, 3.8) is 0 Å². The fourth-order valence-corrected chi connectivity index (χ4v) is 5.74. The van der Waals surface area contributed by atoms with Crippen LogP contribution in [0.3, 0.4) is 0 Å². The molecule has 1 unspecified atom stereocenters. The number of ketones is 1. The van der Waals surface area contributed by atoms with E-state index in [1.165, 1.54) is 42.5 Å². The highest BCUT2D eigenvalue weighted by Gasteiger charge is 2.47. The van der Waals surface area contributed by atoms with Crippen LogP contribution in [0.25, 0.3) is 0 Å². The molecule has 2 aliphatic rings. The Morgan fingerprint density at radius 1 is 1.09 bits per heavy atom. The number of nitrogens with one attached hydrogen (secondary N) is 1. The summed E-state index contributed by atoms with van der Waals surface area (Å²) < 4.78 is 64.4. The summed E-state index contributed by atoms with van der Waals surface area (Å²) in [6.07, 6.45) is -1.93. The second kappa shape index (κ2) is 11.6. The van der Waals surface area contributed by atoms with Gasteiger partial charge in [-0.25, -0.2) is 22.9 Å². The number of nitriles is 1. The molecular weight excluding hydrogens is 599 g/mol. The van der Waals surface area contributed by atoms with Crippen molar-refractivity contribution < 1.29 is 36.0 Å². The van der Waals surface area contributed by atoms with E-state index in [1.54, 1.807) is 0 Å². The zero-order valence-electron chi connectivity index (χ0n) is 23.1. The smallest absolute Gasteiger partial charge is 0.332 e. The SMILES string of the molecule is CS(=O)(=O)c1ccc(CNC(=O)N2C(=O)N(c3cccc(C(F)(F)F)c3)C3=C(C(=O)CCC3)C2c2ccc(C#N)cc2)nc1. The van der Waals surface area contributed by atoms with Gasteiger partial charge in [-0.1, -0.05) is 18.2 Å². The van der Waals surface area contributed by atoms with Gasteiger partial charge in [0.15, 0.2) is 15.6 Å². The van der Waals surface area contributed by atoms with Gasteiger partial charge in [-0.2, -0.15) is 18.4 Å². The summed E-state index contributed by atoms with van der Waals surface area (Å²) in [5.41, 5.74) is 0.00108. The van der Waals surface area contributed by atoms with Crippen LogP contribution in [0.4, 0.5) is 28.4 Å². The lowest BCUT2D eigenvalue weighted by Gasteiger charge is -2.44. The highest BCUT2D eigenvalue weighted by molar-refractivity contribution is 7.90. The molecule has 44 heavy (non-hydrogen) atoms. The van der Waals surface area contributed by atoms with Gasteiger partial charge in [-0.15, -0.1) is 0 Å². The van der Waals surface area contributed by atoms with E-state index >= 15 is 0 Å². The number of carbonyl (C=O) groups is 3. The van der Waals surface area contributed by atoms with Crippen LogP contribution in [0.5, 0.6) is 0 Å². The van der Waals surface area contributed by atoms with Crippen LogP contribution >= 0.6 is 0 Å². The van der Waals surface area contributed by atoms with Crippen molar-refractivity contribution in [2.24, 2.45) is 0 Å². The minimum absolute atomic E-state index is 0.0355. The van der Waals surface area contributed by atoms with E-state index in [2.05, 4.69) is 10.3 Å². The zero-order valence-corrected chi connectivity index (χ0v) is 23.9. The summed E-state index contributed by atoms with van der Waals surface area (Å²) in [6, 6.07) is 11.5. The number of benzene rings is 2. The number of pyridine rings is 1. The maximum atomic E-state index is 14.2. The van der Waals surface area contributed by atoms with Crippen molar-refractivity contribution in [2.45, 2.75) is 42.9 Å². The molecule has 1 aliphatic heterocycles. The third kappa shape index (κ3) is 5.91. The van der Waals surface area contributed by atoms with Gasteiger partial charge in [0.05, 0.1) is 46.1 Å². The molecule has 0 fully saturated rings. The largest absolute Gasteiger partial charge is 0.416 e. The number of alkyl halides is 3. The highest BCUT2D eigenvalue weighted by Crippen LogP contribution is 2.44. The molecule has 2 heterocycles. The standard InChI is InChI=1S/C30H24F3N5O5S/c1-44(42,43)23-13-12-21(35-17-23)16-36-28(40)38-27(19-10-8-18(15-34)9-11-19)26-24(6-3-7-25(26)39)37(29(38)41)22-5-2-4-20(14-22)30(31,32)33/h2,4-5,8-14,17,27H,3,6-7,16H2,1H3,(H,36,40). The molecule has 1 atom stereocenters. The van der Waals surface area contributed by atoms with Gasteiger partial charge in [-0.3, -0.25) is 14.7 Å². The second-order valence-electron chi connectivity index (χ2n) is 10.2. The number of allylic oxidation sites excluding steroid dienone is 1. The first kappa shape index (κ1) is 30.4. The predicted octanol–water partition coefficient (Wildman–Crippen LogP) is 5.28. The van der Waals surface area contributed by atoms with E-state index in [0.29, 0.717) is 17.5 Å². The fraction of sp³-hybridized carbons (Fsp3) is 0.233. The number of aromatic nitrogens is 1. The molecule has 4 amide bonds. The van der Waals surface area contributed by atoms with E-state index in [4.69, 9.17) is 0 Å². The highest BCUT2D eigenvalue weighted by atomic mass is 32.2. The van der Waals surface area contributed by atoms with Crippen molar-refractivity contribution in [3.05, 3.63) is 101 Å². The average Bonchev–Trinajstić information content (AvgIpc) is 2.99. The number of rotatable bonds is 5. The Morgan fingerprint density at radius 2 is 1.82 bits per heavy atom. The Labute approximate surface area is 250 Å². The van der Waals surface area contributed by atoms with E-state index in [1.807, 2.05) is 6.07 Å². The van der Waals surface area contributed by atoms with Crippen LogP contribution in [0, 0.1) is 11.3 Å². The maximum absolute atomic E-state index is 14.2. The van der Waals surface area contributed by atoms with Gasteiger partial charge >= 0.3 is 18.2 Å². The molecule has 0 saturated carbocycles. The first-order chi connectivity index (χ1) is 20.8. The molecule has 10 nitrogen and oxygen atoms in total. The Morgan fingerprint density at radius 3 is 2.43 bits per heavy atom. The summed E-state index contributed by atoms with van der Waals surface area (Å²) in [5.74, 6) is -0.374. The monoisotopic (exact) mass is 623 g/mol. The van der Waals surface area contributed by atoms with Gasteiger partial charge in [0, 0.05) is 30.1 Å². The zero-order chi connectivity index (χ0) is 31.8. The molecule has 226 valence electrons. The van der Waals surface area contributed by atoms with E-state index in [-0.39, 0.29) is 52.7 Å². The molecule has 1 aromatic heterocycles. The normalized spacial score (nSPS) is 17.3. The van der Waals surface area contributed by atoms with Crippen molar-refractivity contribution in [1.29, 1.82) is 5.26 Å². The van der Waals surface area contributed by atoms with Crippen LogP contribution in [0.1, 0.15) is 47.7 Å². The molecule has 5 rings (SSSR count). The molecular formula is C30H24F3N5O5S. The fourth-order valence-electron chi connectivity index (χ4n) is 5.19. The van der Waals surface area contributed by atoms with Gasteiger partial charge in [0.2, 0.25) is 0 Å². The topological polar surface area (TPSA) is 141 Å². The predicted molar refractivity (Wildman–Crippen MR) is 151 cm³/mol. The minimum atomic E-state index is -4.71. The third-order valence-corrected chi connectivity index (χ3v) is 8.38. The van der Waals surface area contributed by atoms with Gasteiger partial charge in [-0.05, 0) is 60.9 Å². The molecule has 0 saturated heterocycles. The molecule has 2 aromatic carbocycles. The molecule has 1 aliphatic carbocycles. The Balaban J connectivity index is 1.60. The molecule has 3 aromatic rings. The van der Waals surface area contributed by atoms with Crippen molar-refractivity contribution in [2.75, 3.05) is 11.2 Å².